The predicted octanol–water partition coefficient (Wildman–Crippen LogP) is 1.28. The van der Waals surface area contributed by atoms with Crippen LogP contribution in [0.3, 0.4) is 0 Å². The number of rotatable bonds is 3. The third-order valence-corrected chi connectivity index (χ3v) is 6.57. The monoisotopic (exact) mass is 314 g/mol. The van der Waals surface area contributed by atoms with Crippen molar-refractivity contribution in [2.75, 3.05) is 11.5 Å². The third-order valence-electron chi connectivity index (χ3n) is 2.86. The molecule has 1 aliphatic rings. The molecule has 1 fully saturated rings. The van der Waals surface area contributed by atoms with Crippen LogP contribution in [0.5, 0.6) is 0 Å². The largest absolute Gasteiger partial charge is 1.00 e. The number of nitrogens with zero attached hydrogens (tertiary/aromatic N) is 2. The molecule has 1 aliphatic heterocycles. The Balaban J connectivity index is 0.00000147. The maximum absolute atomic E-state index is 4.56. The molecule has 0 atom stereocenters. The minimum Gasteiger partial charge on any atom is -0.356 e. The summed E-state index contributed by atoms with van der Waals surface area (Å²) in [6.07, 6.45) is 3.31. The molecule has 0 saturated carbocycles. The van der Waals surface area contributed by atoms with Crippen LogP contribution in [0, 0.1) is 4.58 Å². The fraction of sp³-hybridized carbons (Fsp3) is 0.286. The smallest absolute Gasteiger partial charge is 0.356 e. The van der Waals surface area contributed by atoms with Gasteiger partial charge in [-0.05, 0) is 30.1 Å². The van der Waals surface area contributed by atoms with Crippen molar-refractivity contribution in [3.63, 3.8) is 0 Å². The van der Waals surface area contributed by atoms with Gasteiger partial charge in [0.25, 0.3) is 0 Å². The van der Waals surface area contributed by atoms with Crippen molar-refractivity contribution in [1.82, 2.24) is 9.55 Å². The number of hydrogen-bond acceptors (Lipinski definition) is 4. The van der Waals surface area contributed by atoms with E-state index in [9.17, 15) is 0 Å². The molecule has 0 spiro atoms. The summed E-state index contributed by atoms with van der Waals surface area (Å²) in [5.74, 6) is 2.46. The van der Waals surface area contributed by atoms with Crippen LogP contribution in [-0.2, 0) is 7.05 Å². The van der Waals surface area contributed by atoms with Crippen molar-refractivity contribution in [2.45, 2.75) is 16.5 Å². The summed E-state index contributed by atoms with van der Waals surface area (Å²) in [5.41, 5.74) is 1.26. The summed E-state index contributed by atoms with van der Waals surface area (Å²) in [7, 11) is 2.11. The zero-order valence-electron chi connectivity index (χ0n) is 11.7. The normalized spacial score (nSPS) is 14.9. The van der Waals surface area contributed by atoms with Gasteiger partial charge in [0.2, 0.25) is 0 Å². The van der Waals surface area contributed by atoms with Gasteiger partial charge in [-0.25, -0.2) is 23.5 Å². The molecule has 0 bridgehead atoms. The molecule has 6 heteroatoms. The molecule has 0 unspecified atom stereocenters. The second kappa shape index (κ2) is 7.81. The van der Waals surface area contributed by atoms with Crippen LogP contribution in [0.1, 0.15) is 12.1 Å². The fourth-order valence-electron chi connectivity index (χ4n) is 1.85. The van der Waals surface area contributed by atoms with Crippen molar-refractivity contribution in [3.05, 3.63) is 46.8 Å². The molecular weight excluding hydrogens is 299 g/mol. The maximum atomic E-state index is 4.56. The van der Waals surface area contributed by atoms with Crippen LogP contribution >= 0.6 is 35.3 Å². The molecule has 3 rings (SSSR count). The zero-order chi connectivity index (χ0) is 13.1. The molecule has 20 heavy (non-hydrogen) atoms. The maximum Gasteiger partial charge on any atom is 1.00 e. The van der Waals surface area contributed by atoms with E-state index in [0.29, 0.717) is 0 Å². The number of thioether (sulfide) groups is 2. The Labute approximate surface area is 145 Å². The van der Waals surface area contributed by atoms with E-state index in [4.69, 9.17) is 0 Å². The van der Waals surface area contributed by atoms with Crippen LogP contribution in [0.25, 0.3) is 0 Å². The first-order chi connectivity index (χ1) is 9.34. The van der Waals surface area contributed by atoms with Gasteiger partial charge in [0, 0.05) is 11.9 Å². The summed E-state index contributed by atoms with van der Waals surface area (Å²) in [4.78, 5) is 5.80. The fourth-order valence-corrected chi connectivity index (χ4v) is 5.33. The first-order valence-corrected chi connectivity index (χ1v) is 9.01. The summed E-state index contributed by atoms with van der Waals surface area (Å²) < 4.78 is 3.62. The van der Waals surface area contributed by atoms with Crippen LogP contribution < -0.4 is 18.9 Å². The molecule has 0 aliphatic carbocycles. The van der Waals surface area contributed by atoms with Gasteiger partial charge in [-0.1, -0.05) is 46.4 Å². The predicted molar refractivity (Wildman–Crippen MR) is 85.7 cm³/mol. The average molecular weight is 314 g/mol. The molecular formula is C14H15LiN2S3. The standard InChI is InChI=1S/C14H15N2S3.Li/c1-16-12(13-17-8-5-9-18-13)10-15-14(16)19-11-6-3-2-4-7-11;/h2-4,6-7,10H,5,8-9H2,1H3;/q-1;+1. The molecule has 2 aromatic rings. The van der Waals surface area contributed by atoms with Crippen LogP contribution in [0.2, 0.25) is 0 Å². The van der Waals surface area contributed by atoms with E-state index in [-0.39, 0.29) is 18.9 Å². The van der Waals surface area contributed by atoms with E-state index in [1.807, 2.05) is 35.8 Å². The number of benzene rings is 1. The minimum atomic E-state index is 0. The SMILES string of the molecule is Cn1c([C-]2SCCCS2)cnc1Sc1ccccc1.[Li+]. The van der Waals surface area contributed by atoms with Gasteiger partial charge in [-0.2, -0.15) is 0 Å². The van der Waals surface area contributed by atoms with E-state index >= 15 is 0 Å². The summed E-state index contributed by atoms with van der Waals surface area (Å²) in [5, 5.41) is 1.06. The summed E-state index contributed by atoms with van der Waals surface area (Å²) in [6.45, 7) is 0. The number of hydrogen-bond donors (Lipinski definition) is 0. The third kappa shape index (κ3) is 3.78. The molecule has 0 amide bonds. The Morgan fingerprint density at radius 3 is 2.60 bits per heavy atom. The minimum absolute atomic E-state index is 0. The molecule has 0 N–H and O–H groups in total. The van der Waals surface area contributed by atoms with Crippen LogP contribution in [0.15, 0.2) is 46.6 Å². The topological polar surface area (TPSA) is 17.8 Å². The van der Waals surface area contributed by atoms with Gasteiger partial charge in [0.05, 0.1) is 0 Å². The molecule has 1 aromatic heterocycles. The zero-order valence-corrected chi connectivity index (χ0v) is 14.2. The van der Waals surface area contributed by atoms with Crippen LogP contribution in [0.4, 0.5) is 0 Å². The van der Waals surface area contributed by atoms with Gasteiger partial charge in [0.1, 0.15) is 0 Å². The van der Waals surface area contributed by atoms with E-state index in [2.05, 4.69) is 40.9 Å². The first kappa shape index (κ1) is 16.3. The van der Waals surface area contributed by atoms with Gasteiger partial charge in [-0.3, -0.25) is 0 Å². The Morgan fingerprint density at radius 1 is 1.20 bits per heavy atom. The van der Waals surface area contributed by atoms with Gasteiger partial charge in [0.15, 0.2) is 5.16 Å². The van der Waals surface area contributed by atoms with E-state index in [1.54, 1.807) is 11.8 Å². The summed E-state index contributed by atoms with van der Waals surface area (Å²) >= 11 is 5.64. The van der Waals surface area contributed by atoms with Crippen molar-refractivity contribution in [3.8, 4) is 0 Å². The van der Waals surface area contributed by atoms with Crippen molar-refractivity contribution >= 4 is 35.3 Å². The van der Waals surface area contributed by atoms with Gasteiger partial charge in [-0.15, -0.1) is 0 Å². The Bertz CT molecular complexity index is 539. The van der Waals surface area contributed by atoms with Crippen molar-refractivity contribution in [1.29, 1.82) is 0 Å². The molecule has 100 valence electrons. The molecule has 0 radical (unpaired) electrons. The second-order valence-corrected chi connectivity index (χ2v) is 7.75. The molecule has 1 aromatic carbocycles. The Kier molecular flexibility index (Phi) is 6.38. The Morgan fingerprint density at radius 2 is 1.90 bits per heavy atom. The average Bonchev–Trinajstić information content (AvgIpc) is 2.82. The van der Waals surface area contributed by atoms with E-state index < -0.39 is 0 Å². The molecule has 1 saturated heterocycles. The quantitative estimate of drug-likeness (QED) is 0.627. The van der Waals surface area contributed by atoms with Crippen molar-refractivity contribution in [2.24, 2.45) is 7.05 Å². The van der Waals surface area contributed by atoms with E-state index in [1.165, 1.54) is 33.1 Å². The van der Waals surface area contributed by atoms with Gasteiger partial charge >= 0.3 is 18.9 Å². The Hall–Kier alpha value is -0.0526. The van der Waals surface area contributed by atoms with Gasteiger partial charge < -0.3 is 9.55 Å². The molecule has 2 heterocycles. The number of imidazole rings is 1. The second-order valence-electron chi connectivity index (χ2n) is 4.24. The first-order valence-electron chi connectivity index (χ1n) is 6.22. The summed E-state index contributed by atoms with van der Waals surface area (Å²) in [6, 6.07) is 10.4. The van der Waals surface area contributed by atoms with Crippen LogP contribution in [-0.4, -0.2) is 21.1 Å². The number of aromatic nitrogens is 2. The molecule has 2 nitrogen and oxygen atoms in total. The van der Waals surface area contributed by atoms with E-state index in [0.717, 1.165) is 5.16 Å². The van der Waals surface area contributed by atoms with Crippen molar-refractivity contribution < 1.29 is 18.9 Å².